The van der Waals surface area contributed by atoms with Gasteiger partial charge in [0.05, 0.1) is 17.1 Å². The molecule has 3 aliphatic carbocycles. The van der Waals surface area contributed by atoms with Crippen molar-refractivity contribution in [1.82, 2.24) is 9.80 Å². The number of amides is 1. The molecule has 2 aromatic rings. The van der Waals surface area contributed by atoms with Crippen molar-refractivity contribution in [2.45, 2.75) is 74.1 Å². The van der Waals surface area contributed by atoms with Crippen molar-refractivity contribution in [3.63, 3.8) is 0 Å². The molecule has 7 rings (SSSR count). The Morgan fingerprint density at radius 3 is 2.86 bits per heavy atom. The third-order valence-corrected chi connectivity index (χ3v) is 11.8. The first-order chi connectivity index (χ1) is 17.7. The van der Waals surface area contributed by atoms with Crippen molar-refractivity contribution < 1.29 is 19.7 Å². The van der Waals surface area contributed by atoms with Crippen molar-refractivity contribution in [2.24, 2.45) is 5.92 Å². The number of aliphatic hydroxyl groups is 1. The molecule has 5 aliphatic rings. The molecule has 37 heavy (non-hydrogen) atoms. The van der Waals surface area contributed by atoms with Crippen LogP contribution in [0.5, 0.6) is 11.5 Å². The van der Waals surface area contributed by atoms with Crippen molar-refractivity contribution in [3.05, 3.63) is 50.1 Å². The minimum absolute atomic E-state index is 0.0203. The summed E-state index contributed by atoms with van der Waals surface area (Å²) < 4.78 is 7.79. The fourth-order valence-electron chi connectivity index (χ4n) is 8.32. The number of thiophene rings is 1. The number of aromatic hydroxyl groups is 1. The number of piperidine rings is 1. The minimum Gasteiger partial charge on any atom is -0.504 e. The second-order valence-corrected chi connectivity index (χ2v) is 13.8. The second kappa shape index (κ2) is 8.07. The molecule has 3 heterocycles. The zero-order valence-corrected chi connectivity index (χ0v) is 23.6. The van der Waals surface area contributed by atoms with Gasteiger partial charge >= 0.3 is 0 Å². The monoisotopic (exact) mass is 584 g/mol. The van der Waals surface area contributed by atoms with Crippen LogP contribution in [0.1, 0.15) is 55.0 Å². The normalized spacial score (nSPS) is 35.9. The predicted molar refractivity (Wildman–Crippen MR) is 147 cm³/mol. The zero-order valence-electron chi connectivity index (χ0n) is 21.2. The van der Waals surface area contributed by atoms with Crippen LogP contribution < -0.4 is 4.74 Å². The third kappa shape index (κ3) is 3.19. The van der Waals surface area contributed by atoms with Gasteiger partial charge in [0, 0.05) is 46.0 Å². The lowest BCUT2D eigenvalue weighted by atomic mass is 9.44. The van der Waals surface area contributed by atoms with Crippen LogP contribution in [0.3, 0.4) is 0 Å². The topological polar surface area (TPSA) is 73.2 Å². The maximum Gasteiger partial charge on any atom is 0.246 e. The van der Waals surface area contributed by atoms with Gasteiger partial charge in [0.1, 0.15) is 5.60 Å². The van der Waals surface area contributed by atoms with Crippen LogP contribution in [0.4, 0.5) is 0 Å². The molecule has 3 fully saturated rings. The molecule has 1 aromatic heterocycles. The number of ether oxygens (including phenoxy) is 1. The SMILES string of the molecule is CN(C(=O)/C=C/c1cc(Br)cs1)C1CC[C@@]2(O)[C@H]3Cc4ccc(O)c5c4[C@@]2(CCN3CC2CC2)C1(C)O5. The number of benzene rings is 1. The van der Waals surface area contributed by atoms with Gasteiger partial charge in [0.25, 0.3) is 0 Å². The van der Waals surface area contributed by atoms with E-state index in [1.807, 2.05) is 30.6 Å². The second-order valence-electron chi connectivity index (χ2n) is 11.9. The lowest BCUT2D eigenvalue weighted by Gasteiger charge is -2.68. The van der Waals surface area contributed by atoms with E-state index in [1.165, 1.54) is 18.4 Å². The maximum absolute atomic E-state index is 13.4. The molecule has 5 atom stereocenters. The fourth-order valence-corrected chi connectivity index (χ4v) is 9.65. The lowest BCUT2D eigenvalue weighted by molar-refractivity contribution is -0.229. The van der Waals surface area contributed by atoms with Gasteiger partial charge in [-0.3, -0.25) is 9.69 Å². The lowest BCUT2D eigenvalue weighted by Crippen LogP contribution is -2.82. The number of likely N-dealkylation sites (N-methyl/N-ethyl adjacent to an activating group) is 1. The summed E-state index contributed by atoms with van der Waals surface area (Å²) in [7, 11) is 1.85. The standard InChI is InChI=1S/C29H33BrN2O4S/c1-27-22(31(2)24(34)8-6-20-14-19(30)16-37-20)9-10-29(35)23-13-18-5-7-21(33)26(36-27)25(18)28(27,29)11-12-32(23)15-17-3-4-17/h5-8,14,16-17,22-23,33,35H,3-4,9-13,15H2,1-2H3/b8-6+/t22?,23-,27?,28+,29-/m1/s1. The number of phenolic OH excluding ortho intramolecular Hbond substituents is 1. The number of rotatable bonds is 5. The van der Waals surface area contributed by atoms with E-state index in [9.17, 15) is 15.0 Å². The number of phenols is 1. The number of likely N-dealkylation sites (tertiary alicyclic amines) is 1. The van der Waals surface area contributed by atoms with E-state index >= 15 is 0 Å². The molecular formula is C29H33BrN2O4S. The van der Waals surface area contributed by atoms with Gasteiger partial charge in [-0.25, -0.2) is 0 Å². The average molecular weight is 586 g/mol. The van der Waals surface area contributed by atoms with Gasteiger partial charge in [-0.1, -0.05) is 6.07 Å². The molecule has 1 saturated heterocycles. The van der Waals surface area contributed by atoms with E-state index in [-0.39, 0.29) is 23.7 Å². The summed E-state index contributed by atoms with van der Waals surface area (Å²) in [6.07, 6.45) is 8.84. The molecule has 2 N–H and O–H groups in total. The van der Waals surface area contributed by atoms with Crippen LogP contribution in [0.25, 0.3) is 6.08 Å². The molecule has 1 aromatic carbocycles. The van der Waals surface area contributed by atoms with Crippen LogP contribution in [0.15, 0.2) is 34.1 Å². The quantitative estimate of drug-likeness (QED) is 0.498. The van der Waals surface area contributed by atoms with Crippen molar-refractivity contribution in [2.75, 3.05) is 20.1 Å². The van der Waals surface area contributed by atoms with E-state index < -0.39 is 16.6 Å². The largest absolute Gasteiger partial charge is 0.504 e. The van der Waals surface area contributed by atoms with Crippen molar-refractivity contribution >= 4 is 39.2 Å². The molecule has 2 aliphatic heterocycles. The summed E-state index contributed by atoms with van der Waals surface area (Å²) >= 11 is 5.05. The summed E-state index contributed by atoms with van der Waals surface area (Å²) in [5.74, 6) is 1.30. The highest BCUT2D eigenvalue weighted by Gasteiger charge is 2.78. The van der Waals surface area contributed by atoms with Crippen LogP contribution in [0, 0.1) is 5.92 Å². The highest BCUT2D eigenvalue weighted by Crippen LogP contribution is 2.69. The summed E-state index contributed by atoms with van der Waals surface area (Å²) in [5.41, 5.74) is -0.342. The van der Waals surface area contributed by atoms with E-state index in [4.69, 9.17) is 4.74 Å². The number of carbonyl (C=O) groups excluding carboxylic acids is 1. The number of carbonyl (C=O) groups is 1. The highest BCUT2D eigenvalue weighted by molar-refractivity contribution is 9.10. The fraction of sp³-hybridized carbons (Fsp3) is 0.552. The van der Waals surface area contributed by atoms with E-state index in [2.05, 4.69) is 27.8 Å². The molecule has 8 heteroatoms. The highest BCUT2D eigenvalue weighted by atomic mass is 79.9. The summed E-state index contributed by atoms with van der Waals surface area (Å²) in [4.78, 5) is 18.8. The molecular weight excluding hydrogens is 552 g/mol. The van der Waals surface area contributed by atoms with Gasteiger partial charge in [0.15, 0.2) is 11.5 Å². The average Bonchev–Trinajstić information content (AvgIpc) is 3.50. The molecule has 196 valence electrons. The van der Waals surface area contributed by atoms with Crippen LogP contribution in [-0.2, 0) is 16.6 Å². The van der Waals surface area contributed by atoms with E-state index in [0.717, 1.165) is 46.8 Å². The Morgan fingerprint density at radius 1 is 1.32 bits per heavy atom. The number of halogens is 1. The van der Waals surface area contributed by atoms with Gasteiger partial charge < -0.3 is 19.8 Å². The summed E-state index contributed by atoms with van der Waals surface area (Å²) in [5, 5.41) is 25.7. The summed E-state index contributed by atoms with van der Waals surface area (Å²) in [6, 6.07) is 5.54. The first kappa shape index (κ1) is 24.2. The van der Waals surface area contributed by atoms with Gasteiger partial charge in [-0.2, -0.15) is 0 Å². The molecule has 2 unspecified atom stereocenters. The third-order valence-electron chi connectivity index (χ3n) is 10.1. The van der Waals surface area contributed by atoms with E-state index in [0.29, 0.717) is 18.6 Å². The zero-order chi connectivity index (χ0) is 25.7. The number of hydrogen-bond acceptors (Lipinski definition) is 6. The van der Waals surface area contributed by atoms with Gasteiger partial charge in [0.2, 0.25) is 5.91 Å². The van der Waals surface area contributed by atoms with Crippen LogP contribution >= 0.6 is 27.3 Å². The predicted octanol–water partition coefficient (Wildman–Crippen LogP) is 4.71. The Kier molecular flexibility index (Phi) is 5.28. The first-order valence-electron chi connectivity index (χ1n) is 13.4. The Bertz CT molecular complexity index is 1320. The van der Waals surface area contributed by atoms with Crippen molar-refractivity contribution in [3.8, 4) is 11.5 Å². The minimum atomic E-state index is -0.972. The molecule has 2 saturated carbocycles. The Morgan fingerprint density at radius 2 is 2.14 bits per heavy atom. The van der Waals surface area contributed by atoms with Crippen LogP contribution in [-0.4, -0.2) is 69.3 Å². The smallest absolute Gasteiger partial charge is 0.246 e. The number of hydrogen-bond donors (Lipinski definition) is 2. The van der Waals surface area contributed by atoms with E-state index in [1.54, 1.807) is 28.4 Å². The van der Waals surface area contributed by atoms with Gasteiger partial charge in [-0.15, -0.1) is 11.3 Å². The molecule has 2 bridgehead atoms. The molecule has 1 spiro atoms. The van der Waals surface area contributed by atoms with Crippen LogP contribution in [0.2, 0.25) is 0 Å². The Hall–Kier alpha value is -1.87. The van der Waals surface area contributed by atoms with Crippen molar-refractivity contribution in [1.29, 1.82) is 0 Å². The van der Waals surface area contributed by atoms with Gasteiger partial charge in [-0.05, 0) is 97.6 Å². The Balaban J connectivity index is 1.30. The molecule has 1 amide bonds. The molecule has 0 radical (unpaired) electrons. The maximum atomic E-state index is 13.4. The number of nitrogens with zero attached hydrogens (tertiary/aromatic N) is 2. The summed E-state index contributed by atoms with van der Waals surface area (Å²) in [6.45, 7) is 4.02. The molecule has 6 nitrogen and oxygen atoms in total. The first-order valence-corrected chi connectivity index (χ1v) is 15.0. The Labute approximate surface area is 230 Å².